The van der Waals surface area contributed by atoms with Crippen LogP contribution in [0.2, 0.25) is 0 Å². The molecule has 7 heteroatoms. The van der Waals surface area contributed by atoms with Gasteiger partial charge < -0.3 is 5.73 Å². The predicted molar refractivity (Wildman–Crippen MR) is 79.1 cm³/mol. The average molecular weight is 365 g/mol. The van der Waals surface area contributed by atoms with E-state index in [4.69, 9.17) is 5.73 Å². The molecular formula is C13H18BrFN2O2S. The molecule has 0 aromatic heterocycles. The number of hydrogen-bond donors (Lipinski definition) is 2. The Labute approximate surface area is 127 Å². The van der Waals surface area contributed by atoms with Crippen molar-refractivity contribution in [2.45, 2.75) is 43.7 Å². The van der Waals surface area contributed by atoms with Crippen molar-refractivity contribution in [2.24, 2.45) is 11.7 Å². The third-order valence-corrected chi connectivity index (χ3v) is 5.38. The lowest BCUT2D eigenvalue weighted by Gasteiger charge is -2.15. The van der Waals surface area contributed by atoms with Crippen LogP contribution < -0.4 is 10.5 Å². The summed E-state index contributed by atoms with van der Waals surface area (Å²) in [5.74, 6) is -0.179. The van der Waals surface area contributed by atoms with E-state index < -0.39 is 15.8 Å². The minimum atomic E-state index is -3.87. The maximum absolute atomic E-state index is 14.2. The second kappa shape index (κ2) is 6.09. The number of halogens is 2. The van der Waals surface area contributed by atoms with Crippen LogP contribution >= 0.6 is 15.9 Å². The van der Waals surface area contributed by atoms with Gasteiger partial charge in [-0.25, -0.2) is 17.5 Å². The first-order valence-electron chi connectivity index (χ1n) is 6.54. The lowest BCUT2D eigenvalue weighted by Crippen LogP contribution is -2.33. The van der Waals surface area contributed by atoms with Crippen molar-refractivity contribution >= 4 is 26.0 Å². The van der Waals surface area contributed by atoms with Crippen molar-refractivity contribution in [1.29, 1.82) is 0 Å². The maximum atomic E-state index is 14.2. The smallest absolute Gasteiger partial charge is 0.243 e. The average Bonchev–Trinajstić information content (AvgIpc) is 3.14. The van der Waals surface area contributed by atoms with E-state index in [0.717, 1.165) is 19.3 Å². The summed E-state index contributed by atoms with van der Waals surface area (Å²) in [6, 6.07) is 2.55. The number of benzene rings is 1. The molecule has 1 fully saturated rings. The fourth-order valence-electron chi connectivity index (χ4n) is 2.19. The largest absolute Gasteiger partial charge is 0.326 e. The zero-order valence-corrected chi connectivity index (χ0v) is 13.6. The van der Waals surface area contributed by atoms with Gasteiger partial charge >= 0.3 is 0 Å². The lowest BCUT2D eigenvalue weighted by molar-refractivity contribution is 0.518. The molecule has 20 heavy (non-hydrogen) atoms. The molecule has 4 nitrogen and oxygen atoms in total. The maximum Gasteiger partial charge on any atom is 0.243 e. The summed E-state index contributed by atoms with van der Waals surface area (Å²) < 4.78 is 41.7. The molecule has 1 unspecified atom stereocenters. The highest BCUT2D eigenvalue weighted by Gasteiger charge is 2.28. The zero-order chi connectivity index (χ0) is 14.9. The Hall–Kier alpha value is -0.500. The van der Waals surface area contributed by atoms with Crippen LogP contribution in [0.1, 0.15) is 31.7 Å². The summed E-state index contributed by atoms with van der Waals surface area (Å²) in [6.07, 6.45) is 3.09. The summed E-state index contributed by atoms with van der Waals surface area (Å²) in [5.41, 5.74) is 5.61. The zero-order valence-electron chi connectivity index (χ0n) is 11.2. The van der Waals surface area contributed by atoms with Gasteiger partial charge in [0.05, 0.1) is 0 Å². The molecule has 1 aliphatic carbocycles. The highest BCUT2D eigenvalue weighted by Crippen LogP contribution is 2.34. The molecule has 0 bridgehead atoms. The van der Waals surface area contributed by atoms with E-state index in [9.17, 15) is 12.8 Å². The number of sulfonamides is 1. The molecule has 2 rings (SSSR count). The van der Waals surface area contributed by atoms with E-state index >= 15 is 0 Å². The van der Waals surface area contributed by atoms with Crippen LogP contribution in [-0.4, -0.2) is 14.5 Å². The molecule has 1 aromatic rings. The van der Waals surface area contributed by atoms with E-state index in [-0.39, 0.29) is 23.0 Å². The summed E-state index contributed by atoms with van der Waals surface area (Å²) in [6.45, 7) is 1.75. The summed E-state index contributed by atoms with van der Waals surface area (Å²) in [4.78, 5) is -0.352. The van der Waals surface area contributed by atoms with E-state index in [0.29, 0.717) is 10.4 Å². The Morgan fingerprint density at radius 2 is 2.15 bits per heavy atom. The Morgan fingerprint density at radius 1 is 1.50 bits per heavy atom. The Kier molecular flexibility index (Phi) is 4.84. The Bertz CT molecular complexity index is 603. The van der Waals surface area contributed by atoms with Crippen molar-refractivity contribution in [1.82, 2.24) is 4.72 Å². The molecule has 0 amide bonds. The molecule has 1 aliphatic rings. The molecule has 0 aliphatic heterocycles. The van der Waals surface area contributed by atoms with Gasteiger partial charge in [0.1, 0.15) is 10.7 Å². The van der Waals surface area contributed by atoms with Crippen LogP contribution in [0.4, 0.5) is 4.39 Å². The van der Waals surface area contributed by atoms with Crippen molar-refractivity contribution in [3.05, 3.63) is 28.0 Å². The topological polar surface area (TPSA) is 72.2 Å². The van der Waals surface area contributed by atoms with Gasteiger partial charge in [-0.3, -0.25) is 0 Å². The number of hydrogen-bond acceptors (Lipinski definition) is 3. The second-order valence-corrected chi connectivity index (χ2v) is 7.88. The van der Waals surface area contributed by atoms with E-state index in [1.807, 2.05) is 0 Å². The first kappa shape index (κ1) is 15.9. The van der Waals surface area contributed by atoms with Gasteiger partial charge in [0.25, 0.3) is 0 Å². The minimum Gasteiger partial charge on any atom is -0.326 e. The molecule has 0 spiro atoms. The van der Waals surface area contributed by atoms with E-state index in [1.54, 1.807) is 6.92 Å². The van der Waals surface area contributed by atoms with E-state index in [2.05, 4.69) is 20.7 Å². The molecule has 112 valence electrons. The van der Waals surface area contributed by atoms with Gasteiger partial charge in [0, 0.05) is 22.6 Å². The third-order valence-electron chi connectivity index (χ3n) is 3.33. The minimum absolute atomic E-state index is 0.0502. The van der Waals surface area contributed by atoms with Gasteiger partial charge in [-0.15, -0.1) is 0 Å². The molecule has 1 atom stereocenters. The van der Waals surface area contributed by atoms with Gasteiger partial charge in [0.2, 0.25) is 10.0 Å². The van der Waals surface area contributed by atoms with E-state index in [1.165, 1.54) is 12.1 Å². The summed E-state index contributed by atoms with van der Waals surface area (Å²) >= 11 is 3.18. The fourth-order valence-corrected chi connectivity index (χ4v) is 4.25. The SMILES string of the molecule is CC(CC1CC1)NS(=O)(=O)c1cc(Br)cc(CN)c1F. The molecule has 0 heterocycles. The van der Waals surface area contributed by atoms with Crippen LogP contribution in [0.5, 0.6) is 0 Å². The number of nitrogens with two attached hydrogens (primary N) is 1. The van der Waals surface area contributed by atoms with Crippen molar-refractivity contribution in [3.63, 3.8) is 0 Å². The molecule has 3 N–H and O–H groups in total. The van der Waals surface area contributed by atoms with Crippen LogP contribution in [0.15, 0.2) is 21.5 Å². The molecule has 0 saturated heterocycles. The third kappa shape index (κ3) is 3.78. The molecule has 0 radical (unpaired) electrons. The number of rotatable bonds is 6. The van der Waals surface area contributed by atoms with Crippen LogP contribution in [0.3, 0.4) is 0 Å². The lowest BCUT2D eigenvalue weighted by atomic mass is 10.2. The first-order chi connectivity index (χ1) is 9.33. The van der Waals surface area contributed by atoms with Crippen LogP contribution in [0, 0.1) is 11.7 Å². The predicted octanol–water partition coefficient (Wildman–Crippen LogP) is 2.51. The van der Waals surface area contributed by atoms with Crippen LogP contribution in [-0.2, 0) is 16.6 Å². The summed E-state index contributed by atoms with van der Waals surface area (Å²) in [7, 11) is -3.87. The first-order valence-corrected chi connectivity index (χ1v) is 8.81. The number of nitrogens with one attached hydrogen (secondary N) is 1. The van der Waals surface area contributed by atoms with Gasteiger partial charge in [-0.1, -0.05) is 28.8 Å². The van der Waals surface area contributed by atoms with Gasteiger partial charge in [-0.05, 0) is 31.4 Å². The molecule has 1 saturated carbocycles. The highest BCUT2D eigenvalue weighted by molar-refractivity contribution is 9.10. The molecular weight excluding hydrogens is 347 g/mol. The summed E-state index contributed by atoms with van der Waals surface area (Å²) in [5, 5.41) is 0. The van der Waals surface area contributed by atoms with Crippen LogP contribution in [0.25, 0.3) is 0 Å². The second-order valence-electron chi connectivity index (χ2n) is 5.28. The van der Waals surface area contributed by atoms with Gasteiger partial charge in [-0.2, -0.15) is 0 Å². The van der Waals surface area contributed by atoms with Crippen molar-refractivity contribution < 1.29 is 12.8 Å². The molecule has 1 aromatic carbocycles. The normalized spacial score (nSPS) is 17.2. The Morgan fingerprint density at radius 3 is 2.70 bits per heavy atom. The Balaban J connectivity index is 2.25. The van der Waals surface area contributed by atoms with Crippen molar-refractivity contribution in [3.8, 4) is 0 Å². The monoisotopic (exact) mass is 364 g/mol. The highest BCUT2D eigenvalue weighted by atomic mass is 79.9. The van der Waals surface area contributed by atoms with Crippen molar-refractivity contribution in [2.75, 3.05) is 0 Å². The van der Waals surface area contributed by atoms with Gasteiger partial charge in [0.15, 0.2) is 0 Å². The standard InChI is InChI=1S/C13H18BrFN2O2S/c1-8(4-9-2-3-9)17-20(18,19)12-6-11(14)5-10(7-16)13(12)15/h5-6,8-9,17H,2-4,7,16H2,1H3. The quantitative estimate of drug-likeness (QED) is 0.814. The fraction of sp³-hybridized carbons (Fsp3) is 0.538.